The van der Waals surface area contributed by atoms with Crippen molar-refractivity contribution in [2.75, 3.05) is 54.1 Å². The summed E-state index contributed by atoms with van der Waals surface area (Å²) >= 11 is 0. The summed E-state index contributed by atoms with van der Waals surface area (Å²) in [6, 6.07) is 3.67. The number of rotatable bonds is 9. The summed E-state index contributed by atoms with van der Waals surface area (Å²) in [4.78, 5) is 6.03. The van der Waals surface area contributed by atoms with Crippen molar-refractivity contribution in [2.45, 2.75) is 26.1 Å². The van der Waals surface area contributed by atoms with E-state index in [1.54, 1.807) is 21.3 Å². The summed E-state index contributed by atoms with van der Waals surface area (Å²) in [5.74, 6) is 2.38. The fourth-order valence-corrected chi connectivity index (χ4v) is 3.46. The Bertz CT molecular complexity index is 694. The van der Waals surface area contributed by atoms with Crippen LogP contribution in [0.15, 0.2) is 17.1 Å². The van der Waals surface area contributed by atoms with Crippen molar-refractivity contribution < 1.29 is 27.4 Å². The van der Waals surface area contributed by atoms with Crippen LogP contribution in [0.25, 0.3) is 0 Å². The van der Waals surface area contributed by atoms with E-state index in [0.29, 0.717) is 55.9 Å². The smallest absolute Gasteiger partial charge is 0.401 e. The van der Waals surface area contributed by atoms with Gasteiger partial charge in [0.1, 0.15) is 0 Å². The van der Waals surface area contributed by atoms with Gasteiger partial charge in [0.2, 0.25) is 5.75 Å². The molecule has 1 heterocycles. The molecule has 0 radical (unpaired) electrons. The molecule has 1 aliphatic rings. The number of hydrogen-bond donors (Lipinski definition) is 2. The molecule has 0 amide bonds. The summed E-state index contributed by atoms with van der Waals surface area (Å²) in [5.41, 5.74) is 0.874. The van der Waals surface area contributed by atoms with Gasteiger partial charge in [-0.3, -0.25) is 4.90 Å². The number of guanidine groups is 1. The lowest BCUT2D eigenvalue weighted by atomic mass is 10.1. The first-order chi connectivity index (χ1) is 14.3. The van der Waals surface area contributed by atoms with Gasteiger partial charge < -0.3 is 24.8 Å². The van der Waals surface area contributed by atoms with Crippen molar-refractivity contribution in [1.29, 1.82) is 0 Å². The lowest BCUT2D eigenvalue weighted by Crippen LogP contribution is -2.40. The zero-order valence-electron chi connectivity index (χ0n) is 18.3. The lowest BCUT2D eigenvalue weighted by molar-refractivity contribution is -0.143. The van der Waals surface area contributed by atoms with E-state index in [9.17, 15) is 13.2 Å². The van der Waals surface area contributed by atoms with Gasteiger partial charge in [-0.2, -0.15) is 13.2 Å². The van der Waals surface area contributed by atoms with Crippen molar-refractivity contribution in [2.24, 2.45) is 10.9 Å². The summed E-state index contributed by atoms with van der Waals surface area (Å²) < 4.78 is 53.7. The number of ether oxygens (including phenoxy) is 3. The molecule has 2 rings (SSSR count). The number of halogens is 4. The van der Waals surface area contributed by atoms with Crippen LogP contribution in [0.5, 0.6) is 17.2 Å². The predicted molar refractivity (Wildman–Crippen MR) is 125 cm³/mol. The van der Waals surface area contributed by atoms with Crippen LogP contribution in [-0.4, -0.2) is 71.1 Å². The normalized spacial score (nSPS) is 17.1. The van der Waals surface area contributed by atoms with Gasteiger partial charge in [0.05, 0.1) is 34.4 Å². The minimum absolute atomic E-state index is 0. The van der Waals surface area contributed by atoms with Crippen molar-refractivity contribution in [3.05, 3.63) is 17.7 Å². The third kappa shape index (κ3) is 8.79. The molecule has 11 heteroatoms. The first kappa shape index (κ1) is 27.4. The summed E-state index contributed by atoms with van der Waals surface area (Å²) in [7, 11) is 4.66. The van der Waals surface area contributed by atoms with E-state index >= 15 is 0 Å². The van der Waals surface area contributed by atoms with Crippen LogP contribution in [0.1, 0.15) is 18.9 Å². The molecule has 1 unspecified atom stereocenters. The Balaban J connectivity index is 0.00000480. The summed E-state index contributed by atoms with van der Waals surface area (Å²) in [6.45, 7) is 3.61. The number of nitrogens with one attached hydrogen (secondary N) is 2. The molecule has 1 atom stereocenters. The molecular weight excluding hydrogens is 528 g/mol. The Morgan fingerprint density at radius 2 is 1.77 bits per heavy atom. The molecule has 1 fully saturated rings. The van der Waals surface area contributed by atoms with Gasteiger partial charge in [-0.15, -0.1) is 24.0 Å². The summed E-state index contributed by atoms with van der Waals surface area (Å²) in [6.07, 6.45) is -3.42. The van der Waals surface area contributed by atoms with Gasteiger partial charge in [-0.1, -0.05) is 0 Å². The van der Waals surface area contributed by atoms with Gasteiger partial charge in [0, 0.05) is 19.6 Å². The highest BCUT2D eigenvalue weighted by Gasteiger charge is 2.34. The maximum atomic E-state index is 12.6. The molecule has 2 N–H and O–H groups in total. The second-order valence-corrected chi connectivity index (χ2v) is 7.11. The van der Waals surface area contributed by atoms with Crippen molar-refractivity contribution in [3.8, 4) is 17.2 Å². The molecule has 0 saturated carbocycles. The average Bonchev–Trinajstić information content (AvgIpc) is 3.14. The Morgan fingerprint density at radius 1 is 1.13 bits per heavy atom. The average molecular weight is 560 g/mol. The molecule has 0 bridgehead atoms. The molecular formula is C20H32F3IN4O3. The second-order valence-electron chi connectivity index (χ2n) is 7.11. The first-order valence-electron chi connectivity index (χ1n) is 9.89. The molecule has 1 aromatic rings. The van der Waals surface area contributed by atoms with Crippen molar-refractivity contribution in [3.63, 3.8) is 0 Å². The Hall–Kier alpha value is -1.63. The van der Waals surface area contributed by atoms with Crippen LogP contribution >= 0.6 is 24.0 Å². The third-order valence-corrected chi connectivity index (χ3v) is 4.82. The maximum absolute atomic E-state index is 12.6. The Morgan fingerprint density at radius 3 is 2.29 bits per heavy atom. The van der Waals surface area contributed by atoms with Crippen LogP contribution in [0.4, 0.5) is 13.2 Å². The van der Waals surface area contributed by atoms with Gasteiger partial charge >= 0.3 is 6.18 Å². The number of aliphatic imine (C=N–C) groups is 1. The van der Waals surface area contributed by atoms with E-state index in [-0.39, 0.29) is 29.9 Å². The quantitative estimate of drug-likeness (QED) is 0.275. The van der Waals surface area contributed by atoms with Crippen LogP contribution < -0.4 is 24.8 Å². The van der Waals surface area contributed by atoms with Gasteiger partial charge in [0.15, 0.2) is 17.5 Å². The number of likely N-dealkylation sites (tertiary alicyclic amines) is 1. The van der Waals surface area contributed by atoms with Gasteiger partial charge in [-0.25, -0.2) is 4.99 Å². The molecule has 0 aliphatic carbocycles. The fraction of sp³-hybridized carbons (Fsp3) is 0.650. The standard InChI is InChI=1S/C20H31F3N4O3.HI/c1-5-24-19(25-10-14-6-7-27(12-14)13-20(21,22)23)26-11-15-8-16(28-2)18(30-4)17(9-15)29-3;/h8-9,14H,5-7,10-13H2,1-4H3,(H2,24,25,26);1H. The topological polar surface area (TPSA) is 67.4 Å². The SMILES string of the molecule is CCNC(=NCc1cc(OC)c(OC)c(OC)c1)NCC1CCN(CC(F)(F)F)C1.I. The van der Waals surface area contributed by atoms with Crippen LogP contribution in [0, 0.1) is 5.92 Å². The molecule has 7 nitrogen and oxygen atoms in total. The number of benzene rings is 1. The number of nitrogens with zero attached hydrogens (tertiary/aromatic N) is 2. The second kappa shape index (κ2) is 13.0. The lowest BCUT2D eigenvalue weighted by Gasteiger charge is -2.19. The largest absolute Gasteiger partial charge is 0.493 e. The fourth-order valence-electron chi connectivity index (χ4n) is 3.46. The third-order valence-electron chi connectivity index (χ3n) is 4.82. The number of alkyl halides is 3. The van der Waals surface area contributed by atoms with Crippen LogP contribution in [0.2, 0.25) is 0 Å². The molecule has 0 spiro atoms. The van der Waals surface area contributed by atoms with E-state index < -0.39 is 12.7 Å². The highest BCUT2D eigenvalue weighted by Crippen LogP contribution is 2.38. The minimum atomic E-state index is -4.15. The molecule has 178 valence electrons. The Labute approximate surface area is 198 Å². The van der Waals surface area contributed by atoms with Crippen LogP contribution in [0.3, 0.4) is 0 Å². The zero-order chi connectivity index (χ0) is 22.1. The van der Waals surface area contributed by atoms with Gasteiger partial charge in [0.25, 0.3) is 0 Å². The van der Waals surface area contributed by atoms with Crippen molar-refractivity contribution >= 4 is 29.9 Å². The molecule has 1 saturated heterocycles. The highest BCUT2D eigenvalue weighted by atomic mass is 127. The molecule has 1 aromatic carbocycles. The van der Waals surface area contributed by atoms with E-state index in [4.69, 9.17) is 14.2 Å². The number of methoxy groups -OCH3 is 3. The molecule has 0 aromatic heterocycles. The van der Waals surface area contributed by atoms with E-state index in [2.05, 4.69) is 15.6 Å². The molecule has 1 aliphatic heterocycles. The minimum Gasteiger partial charge on any atom is -0.493 e. The van der Waals surface area contributed by atoms with E-state index in [1.807, 2.05) is 19.1 Å². The monoisotopic (exact) mass is 560 g/mol. The van der Waals surface area contributed by atoms with Crippen molar-refractivity contribution in [1.82, 2.24) is 15.5 Å². The van der Waals surface area contributed by atoms with Crippen LogP contribution in [-0.2, 0) is 6.54 Å². The zero-order valence-corrected chi connectivity index (χ0v) is 20.7. The Kier molecular flexibility index (Phi) is 11.5. The highest BCUT2D eigenvalue weighted by molar-refractivity contribution is 14.0. The molecule has 31 heavy (non-hydrogen) atoms. The van der Waals surface area contributed by atoms with E-state index in [1.165, 1.54) is 4.90 Å². The predicted octanol–water partition coefficient (Wildman–Crippen LogP) is 3.27. The van der Waals surface area contributed by atoms with E-state index in [0.717, 1.165) is 12.0 Å². The number of hydrogen-bond acceptors (Lipinski definition) is 5. The first-order valence-corrected chi connectivity index (χ1v) is 9.89. The van der Waals surface area contributed by atoms with Gasteiger partial charge in [-0.05, 0) is 43.5 Å². The summed E-state index contributed by atoms with van der Waals surface area (Å²) in [5, 5.41) is 6.40. The maximum Gasteiger partial charge on any atom is 0.401 e.